The molecule has 220 valence electrons. The van der Waals surface area contributed by atoms with Gasteiger partial charge in [0, 0.05) is 30.4 Å². The van der Waals surface area contributed by atoms with Crippen LogP contribution in [0.3, 0.4) is 0 Å². The molecular weight excluding hydrogens is 550 g/mol. The number of amides is 1. The summed E-state index contributed by atoms with van der Waals surface area (Å²) in [5, 5.41) is 11.5. The summed E-state index contributed by atoms with van der Waals surface area (Å²) in [5.41, 5.74) is 2.74. The second kappa shape index (κ2) is 12.5. The topological polar surface area (TPSA) is 70.1 Å². The molecule has 0 aromatic heterocycles. The van der Waals surface area contributed by atoms with Crippen LogP contribution in [0.4, 0.5) is 20.2 Å². The predicted molar refractivity (Wildman–Crippen MR) is 163 cm³/mol. The number of hydrogen-bond donors (Lipinski definition) is 1. The number of carbonyl (C=O) groups is 2. The van der Waals surface area contributed by atoms with Gasteiger partial charge in [-0.1, -0.05) is 42.5 Å². The number of ketones is 1. The van der Waals surface area contributed by atoms with E-state index in [1.807, 2.05) is 56.3 Å². The van der Waals surface area contributed by atoms with E-state index in [1.54, 1.807) is 37.3 Å². The van der Waals surface area contributed by atoms with Gasteiger partial charge in [0.1, 0.15) is 29.8 Å². The summed E-state index contributed by atoms with van der Waals surface area (Å²) in [6, 6.07) is 23.3. The fourth-order valence-corrected chi connectivity index (χ4v) is 5.37. The third-order valence-electron chi connectivity index (χ3n) is 7.64. The number of halogens is 2. The summed E-state index contributed by atoms with van der Waals surface area (Å²) < 4.78 is 35.3. The third kappa shape index (κ3) is 5.86. The zero-order valence-electron chi connectivity index (χ0n) is 24.2. The molecule has 1 heterocycles. The van der Waals surface area contributed by atoms with E-state index in [-0.39, 0.29) is 16.8 Å². The molecule has 1 aliphatic rings. The number of aliphatic hydroxyl groups is 1. The van der Waals surface area contributed by atoms with Gasteiger partial charge < -0.3 is 14.7 Å². The van der Waals surface area contributed by atoms with E-state index in [9.17, 15) is 19.1 Å². The molecule has 4 aromatic rings. The largest absolute Gasteiger partial charge is 0.507 e. The van der Waals surface area contributed by atoms with Crippen molar-refractivity contribution in [2.75, 3.05) is 22.9 Å². The zero-order valence-corrected chi connectivity index (χ0v) is 24.2. The molecule has 0 radical (unpaired) electrons. The fraction of sp³-hybridized carbons (Fsp3) is 0.200. The van der Waals surface area contributed by atoms with Crippen LogP contribution >= 0.6 is 0 Å². The lowest BCUT2D eigenvalue weighted by molar-refractivity contribution is -0.132. The van der Waals surface area contributed by atoms with Gasteiger partial charge in [0.15, 0.2) is 0 Å². The quantitative estimate of drug-likeness (QED) is 0.127. The number of rotatable bonds is 9. The number of carbonyl (C=O) groups excluding carboxylic acids is 2. The number of aryl methyl sites for hydroxylation is 1. The number of ether oxygens (including phenoxy) is 1. The number of benzene rings is 4. The Kier molecular flexibility index (Phi) is 8.57. The molecule has 43 heavy (non-hydrogen) atoms. The second-order valence-electron chi connectivity index (χ2n) is 10.3. The zero-order chi connectivity index (χ0) is 30.7. The molecule has 1 N–H and O–H groups in total. The van der Waals surface area contributed by atoms with E-state index in [2.05, 4.69) is 4.90 Å². The minimum atomic E-state index is -1.20. The molecule has 1 amide bonds. The maximum Gasteiger partial charge on any atom is 0.300 e. The average Bonchev–Trinajstić information content (AvgIpc) is 3.28. The number of hydrogen-bond acceptors (Lipinski definition) is 5. The molecule has 1 fully saturated rings. The molecule has 0 bridgehead atoms. The highest BCUT2D eigenvalue weighted by Gasteiger charge is 2.48. The van der Waals surface area contributed by atoms with Crippen LogP contribution in [0.1, 0.15) is 42.1 Å². The van der Waals surface area contributed by atoms with Gasteiger partial charge in [0.2, 0.25) is 0 Å². The Hall–Kier alpha value is -4.98. The lowest BCUT2D eigenvalue weighted by Crippen LogP contribution is -2.30. The Morgan fingerprint density at radius 3 is 2.26 bits per heavy atom. The van der Waals surface area contributed by atoms with Crippen molar-refractivity contribution in [1.82, 2.24) is 0 Å². The Balaban J connectivity index is 1.59. The Bertz CT molecular complexity index is 1680. The van der Waals surface area contributed by atoms with E-state index in [4.69, 9.17) is 4.74 Å². The maximum absolute atomic E-state index is 15.0. The van der Waals surface area contributed by atoms with Crippen molar-refractivity contribution in [3.05, 3.63) is 130 Å². The van der Waals surface area contributed by atoms with E-state index in [0.29, 0.717) is 23.5 Å². The van der Waals surface area contributed by atoms with Crippen LogP contribution in [-0.2, 0) is 16.2 Å². The molecule has 5 rings (SSSR count). The first kappa shape index (κ1) is 29.5. The van der Waals surface area contributed by atoms with Gasteiger partial charge >= 0.3 is 0 Å². The first-order valence-corrected chi connectivity index (χ1v) is 14.1. The average molecular weight is 583 g/mol. The van der Waals surface area contributed by atoms with Gasteiger partial charge in [-0.15, -0.1) is 0 Å². The van der Waals surface area contributed by atoms with Crippen LogP contribution in [-0.4, -0.2) is 29.9 Å². The minimum Gasteiger partial charge on any atom is -0.507 e. The lowest BCUT2D eigenvalue weighted by Gasteiger charge is -2.27. The van der Waals surface area contributed by atoms with E-state index in [1.165, 1.54) is 0 Å². The summed E-state index contributed by atoms with van der Waals surface area (Å²) in [6.07, 6.45) is 0. The van der Waals surface area contributed by atoms with Crippen LogP contribution in [0.15, 0.2) is 96.6 Å². The van der Waals surface area contributed by atoms with Crippen LogP contribution in [0.2, 0.25) is 0 Å². The Labute approximate surface area is 249 Å². The Morgan fingerprint density at radius 2 is 1.60 bits per heavy atom. The van der Waals surface area contributed by atoms with E-state index >= 15 is 4.39 Å². The number of anilines is 2. The van der Waals surface area contributed by atoms with Crippen molar-refractivity contribution < 1.29 is 28.2 Å². The summed E-state index contributed by atoms with van der Waals surface area (Å²) in [5.74, 6) is -3.54. The summed E-state index contributed by atoms with van der Waals surface area (Å²) in [4.78, 5) is 30.0. The summed E-state index contributed by atoms with van der Waals surface area (Å²) >= 11 is 0. The highest BCUT2D eigenvalue weighted by Crippen LogP contribution is 2.43. The van der Waals surface area contributed by atoms with Crippen molar-refractivity contribution in [3.63, 3.8) is 0 Å². The number of Topliss-reactive ketones (excluding diaryl/α,β-unsaturated/α-hetero) is 1. The van der Waals surface area contributed by atoms with Gasteiger partial charge in [-0.25, -0.2) is 8.78 Å². The van der Waals surface area contributed by atoms with Crippen molar-refractivity contribution in [3.8, 4) is 5.75 Å². The first-order chi connectivity index (χ1) is 20.7. The van der Waals surface area contributed by atoms with Crippen LogP contribution in [0.5, 0.6) is 5.75 Å². The smallest absolute Gasteiger partial charge is 0.300 e. The molecule has 6 nitrogen and oxygen atoms in total. The first-order valence-electron chi connectivity index (χ1n) is 14.1. The third-order valence-corrected chi connectivity index (χ3v) is 7.64. The van der Waals surface area contributed by atoms with Crippen molar-refractivity contribution in [2.45, 2.75) is 33.4 Å². The van der Waals surface area contributed by atoms with E-state index in [0.717, 1.165) is 47.4 Å². The maximum atomic E-state index is 15.0. The highest BCUT2D eigenvalue weighted by atomic mass is 19.1. The van der Waals surface area contributed by atoms with Crippen molar-refractivity contribution in [2.24, 2.45) is 0 Å². The van der Waals surface area contributed by atoms with Gasteiger partial charge in [0.05, 0.1) is 17.3 Å². The molecular formula is C35H32F2N2O4. The van der Waals surface area contributed by atoms with Gasteiger partial charge in [-0.2, -0.15) is 0 Å². The number of nitrogens with zero attached hydrogens (tertiary/aromatic N) is 2. The molecule has 0 aliphatic carbocycles. The van der Waals surface area contributed by atoms with Gasteiger partial charge in [-0.05, 0) is 79.9 Å². The number of aliphatic hydroxyl groups excluding tert-OH is 1. The van der Waals surface area contributed by atoms with Crippen LogP contribution < -0.4 is 14.5 Å². The summed E-state index contributed by atoms with van der Waals surface area (Å²) in [7, 11) is 0. The highest BCUT2D eigenvalue weighted by molar-refractivity contribution is 6.51. The van der Waals surface area contributed by atoms with Crippen LogP contribution in [0, 0.1) is 18.6 Å². The molecule has 0 spiro atoms. The van der Waals surface area contributed by atoms with E-state index < -0.39 is 35.1 Å². The minimum absolute atomic E-state index is 0.221. The SMILES string of the molecule is CCN(CC)c1ccc(C2/C(=C(\O)c3ccc(OCc4ccccc4)c(C)c3)C(=O)C(=O)N2c2cc(F)ccc2F)cc1. The van der Waals surface area contributed by atoms with Crippen molar-refractivity contribution >= 4 is 28.8 Å². The Morgan fingerprint density at radius 1 is 0.907 bits per heavy atom. The molecule has 8 heteroatoms. The van der Waals surface area contributed by atoms with Gasteiger partial charge in [0.25, 0.3) is 11.7 Å². The molecule has 1 saturated heterocycles. The fourth-order valence-electron chi connectivity index (χ4n) is 5.37. The molecule has 1 aliphatic heterocycles. The van der Waals surface area contributed by atoms with Crippen LogP contribution in [0.25, 0.3) is 5.76 Å². The molecule has 1 unspecified atom stereocenters. The lowest BCUT2D eigenvalue weighted by atomic mass is 9.94. The molecule has 0 saturated carbocycles. The standard InChI is InChI=1S/C35H32F2N2O4/c1-4-38(5-2)27-15-11-24(12-16-27)32-31(34(41)35(42)39(32)29-20-26(36)14-17-28(29)37)33(40)25-13-18-30(22(3)19-25)43-21-23-9-7-6-8-10-23/h6-20,32,40H,4-5,21H2,1-3H3/b33-31+. The second-order valence-corrected chi connectivity index (χ2v) is 10.3. The predicted octanol–water partition coefficient (Wildman–Crippen LogP) is 7.32. The van der Waals surface area contributed by atoms with Gasteiger partial charge in [-0.3, -0.25) is 14.5 Å². The molecule has 4 aromatic carbocycles. The van der Waals surface area contributed by atoms with Crippen molar-refractivity contribution in [1.29, 1.82) is 0 Å². The normalized spacial score (nSPS) is 16.0. The summed E-state index contributed by atoms with van der Waals surface area (Å²) in [6.45, 7) is 7.75. The monoisotopic (exact) mass is 582 g/mol. The molecule has 1 atom stereocenters.